The molecule has 1 aromatic rings. The van der Waals surface area contributed by atoms with Gasteiger partial charge in [-0.1, -0.05) is 12.1 Å². The molecule has 2 heterocycles. The number of aryl methyl sites for hydroxylation is 1. The molecule has 1 aromatic heterocycles. The van der Waals surface area contributed by atoms with Crippen molar-refractivity contribution < 1.29 is 29.4 Å². The topological polar surface area (TPSA) is 151 Å². The summed E-state index contributed by atoms with van der Waals surface area (Å²) in [6, 6.07) is 1.71. The van der Waals surface area contributed by atoms with Crippen molar-refractivity contribution >= 4 is 5.91 Å². The molecule has 9 nitrogen and oxygen atoms in total. The SMILES string of the molecule is CCc1cc(CNC(=O)[C@H]2O[C@@H](CN)[C@H](O)[C@@H](O)[C@H]2O)on1. The van der Waals surface area contributed by atoms with E-state index in [0.29, 0.717) is 12.2 Å². The van der Waals surface area contributed by atoms with Crippen molar-refractivity contribution in [2.75, 3.05) is 6.54 Å². The Morgan fingerprint density at radius 1 is 1.36 bits per heavy atom. The number of aliphatic hydroxyl groups is 3. The van der Waals surface area contributed by atoms with Crippen LogP contribution in [-0.2, 0) is 22.5 Å². The number of carbonyl (C=O) groups excluding carboxylic acids is 1. The molecule has 2 rings (SSSR count). The zero-order valence-corrected chi connectivity index (χ0v) is 12.2. The zero-order chi connectivity index (χ0) is 16.3. The number of nitrogens with zero attached hydrogens (tertiary/aromatic N) is 1. The van der Waals surface area contributed by atoms with E-state index in [1.54, 1.807) is 6.07 Å². The largest absolute Gasteiger partial charge is 0.388 e. The van der Waals surface area contributed by atoms with Crippen molar-refractivity contribution in [3.8, 4) is 0 Å². The molecule has 124 valence electrons. The van der Waals surface area contributed by atoms with Crippen molar-refractivity contribution in [2.24, 2.45) is 5.73 Å². The molecule has 6 N–H and O–H groups in total. The third kappa shape index (κ3) is 3.45. The summed E-state index contributed by atoms with van der Waals surface area (Å²) in [6.07, 6.45) is -5.92. The molecule has 0 aromatic carbocycles. The minimum atomic E-state index is -1.54. The normalized spacial score (nSPS) is 32.0. The maximum atomic E-state index is 12.1. The quantitative estimate of drug-likeness (QED) is 0.405. The third-order valence-electron chi connectivity index (χ3n) is 3.61. The molecule has 0 spiro atoms. The summed E-state index contributed by atoms with van der Waals surface area (Å²) >= 11 is 0. The average Bonchev–Trinajstić information content (AvgIpc) is 2.99. The molecular weight excluding hydrogens is 294 g/mol. The van der Waals surface area contributed by atoms with Gasteiger partial charge in [0, 0.05) is 12.6 Å². The Morgan fingerprint density at radius 2 is 2.09 bits per heavy atom. The van der Waals surface area contributed by atoms with Gasteiger partial charge in [0.25, 0.3) is 5.91 Å². The summed E-state index contributed by atoms with van der Waals surface area (Å²) in [7, 11) is 0. The van der Waals surface area contributed by atoms with Crippen LogP contribution >= 0.6 is 0 Å². The van der Waals surface area contributed by atoms with E-state index in [0.717, 1.165) is 5.69 Å². The molecule has 1 aliphatic rings. The van der Waals surface area contributed by atoms with Crippen LogP contribution in [0.25, 0.3) is 0 Å². The lowest BCUT2D eigenvalue weighted by atomic mass is 9.94. The molecule has 1 aliphatic heterocycles. The summed E-state index contributed by atoms with van der Waals surface area (Å²) in [4.78, 5) is 12.1. The number of aliphatic hydroxyl groups excluding tert-OH is 3. The van der Waals surface area contributed by atoms with Gasteiger partial charge in [0.05, 0.1) is 18.3 Å². The lowest BCUT2D eigenvalue weighted by Crippen LogP contribution is -2.62. The highest BCUT2D eigenvalue weighted by molar-refractivity contribution is 5.81. The second-order valence-corrected chi connectivity index (χ2v) is 5.16. The summed E-state index contributed by atoms with van der Waals surface area (Å²) in [5.74, 6) is -0.169. The number of ether oxygens (including phenoxy) is 1. The third-order valence-corrected chi connectivity index (χ3v) is 3.61. The predicted octanol–water partition coefficient (Wildman–Crippen LogP) is -2.34. The fourth-order valence-electron chi connectivity index (χ4n) is 2.24. The highest BCUT2D eigenvalue weighted by Gasteiger charge is 2.46. The van der Waals surface area contributed by atoms with Gasteiger partial charge in [-0.05, 0) is 6.42 Å². The smallest absolute Gasteiger partial charge is 0.252 e. The molecule has 1 fully saturated rings. The van der Waals surface area contributed by atoms with Crippen LogP contribution in [0.15, 0.2) is 10.6 Å². The lowest BCUT2D eigenvalue weighted by Gasteiger charge is -2.39. The van der Waals surface area contributed by atoms with Gasteiger partial charge in [0.15, 0.2) is 11.9 Å². The minimum Gasteiger partial charge on any atom is -0.388 e. The molecule has 5 atom stereocenters. The van der Waals surface area contributed by atoms with E-state index in [9.17, 15) is 20.1 Å². The van der Waals surface area contributed by atoms with Crippen molar-refractivity contribution in [1.82, 2.24) is 10.5 Å². The molecule has 0 bridgehead atoms. The van der Waals surface area contributed by atoms with E-state index in [1.807, 2.05) is 6.92 Å². The molecule has 0 radical (unpaired) electrons. The van der Waals surface area contributed by atoms with Gasteiger partial charge in [-0.25, -0.2) is 0 Å². The number of hydrogen-bond acceptors (Lipinski definition) is 8. The number of nitrogens with two attached hydrogens (primary N) is 1. The second kappa shape index (κ2) is 7.16. The molecular formula is C13H21N3O6. The van der Waals surface area contributed by atoms with Crippen LogP contribution in [0.4, 0.5) is 0 Å². The van der Waals surface area contributed by atoms with Crippen LogP contribution in [0.3, 0.4) is 0 Å². The Kier molecular flexibility index (Phi) is 5.48. The second-order valence-electron chi connectivity index (χ2n) is 5.16. The Balaban J connectivity index is 1.95. The minimum absolute atomic E-state index is 0.0738. The maximum Gasteiger partial charge on any atom is 0.252 e. The Bertz CT molecular complexity index is 506. The summed E-state index contributed by atoms with van der Waals surface area (Å²) in [5.41, 5.74) is 6.18. The van der Waals surface area contributed by atoms with Crippen LogP contribution in [-0.4, -0.2) is 63.4 Å². The first-order valence-corrected chi connectivity index (χ1v) is 7.09. The van der Waals surface area contributed by atoms with Gasteiger partial charge in [-0.3, -0.25) is 4.79 Å². The number of carbonyl (C=O) groups is 1. The number of aromatic nitrogens is 1. The van der Waals surface area contributed by atoms with Gasteiger partial charge in [0.2, 0.25) is 0 Å². The van der Waals surface area contributed by atoms with Crippen molar-refractivity contribution in [2.45, 2.75) is 50.4 Å². The van der Waals surface area contributed by atoms with Crippen LogP contribution in [0.5, 0.6) is 0 Å². The first-order chi connectivity index (χ1) is 10.5. The molecule has 1 amide bonds. The highest BCUT2D eigenvalue weighted by atomic mass is 16.5. The molecule has 9 heteroatoms. The van der Waals surface area contributed by atoms with Gasteiger partial charge in [-0.2, -0.15) is 0 Å². The van der Waals surface area contributed by atoms with Gasteiger partial charge in [0.1, 0.15) is 18.3 Å². The number of amides is 1. The monoisotopic (exact) mass is 315 g/mol. The van der Waals surface area contributed by atoms with E-state index in [4.69, 9.17) is 15.0 Å². The Labute approximate surface area is 127 Å². The predicted molar refractivity (Wildman–Crippen MR) is 73.5 cm³/mol. The molecule has 0 saturated carbocycles. The van der Waals surface area contributed by atoms with Crippen molar-refractivity contribution in [3.63, 3.8) is 0 Å². The van der Waals surface area contributed by atoms with E-state index in [1.165, 1.54) is 0 Å². The standard InChI is InChI=1S/C13H21N3O6/c1-2-6-3-7(22-16-6)5-15-13(20)12-11(19)10(18)9(17)8(4-14)21-12/h3,8-12,17-19H,2,4-5,14H2,1H3,(H,15,20)/t8-,9-,10+,11+,12-/m0/s1. The van der Waals surface area contributed by atoms with E-state index < -0.39 is 36.4 Å². The van der Waals surface area contributed by atoms with E-state index >= 15 is 0 Å². The molecule has 1 saturated heterocycles. The van der Waals surface area contributed by atoms with Crippen LogP contribution in [0.2, 0.25) is 0 Å². The van der Waals surface area contributed by atoms with Crippen LogP contribution < -0.4 is 11.1 Å². The van der Waals surface area contributed by atoms with Gasteiger partial charge < -0.3 is 35.6 Å². The highest BCUT2D eigenvalue weighted by Crippen LogP contribution is 2.21. The van der Waals surface area contributed by atoms with E-state index in [-0.39, 0.29) is 13.1 Å². The van der Waals surface area contributed by atoms with Gasteiger partial charge in [-0.15, -0.1) is 0 Å². The fraction of sp³-hybridized carbons (Fsp3) is 0.692. The van der Waals surface area contributed by atoms with Crippen LogP contribution in [0.1, 0.15) is 18.4 Å². The number of rotatable bonds is 5. The first-order valence-electron chi connectivity index (χ1n) is 7.09. The maximum absolute atomic E-state index is 12.1. The Morgan fingerprint density at radius 3 is 2.68 bits per heavy atom. The van der Waals surface area contributed by atoms with Gasteiger partial charge >= 0.3 is 0 Å². The summed E-state index contributed by atoms with van der Waals surface area (Å²) in [6.45, 7) is 1.91. The molecule has 0 unspecified atom stereocenters. The van der Waals surface area contributed by atoms with Crippen molar-refractivity contribution in [1.29, 1.82) is 0 Å². The van der Waals surface area contributed by atoms with Crippen LogP contribution in [0, 0.1) is 0 Å². The fourth-order valence-corrected chi connectivity index (χ4v) is 2.24. The number of nitrogens with one attached hydrogen (secondary N) is 1. The summed E-state index contributed by atoms with van der Waals surface area (Å²) < 4.78 is 10.3. The average molecular weight is 315 g/mol. The first kappa shape index (κ1) is 16.8. The molecule has 22 heavy (non-hydrogen) atoms. The zero-order valence-electron chi connectivity index (χ0n) is 12.2. The van der Waals surface area contributed by atoms with E-state index in [2.05, 4.69) is 10.5 Å². The number of hydrogen-bond donors (Lipinski definition) is 5. The Hall–Kier alpha value is -1.52. The molecule has 0 aliphatic carbocycles. The van der Waals surface area contributed by atoms with Crippen molar-refractivity contribution in [3.05, 3.63) is 17.5 Å². The summed E-state index contributed by atoms with van der Waals surface area (Å²) in [5, 5.41) is 35.6. The lowest BCUT2D eigenvalue weighted by molar-refractivity contribution is -0.218.